The van der Waals surface area contributed by atoms with Crippen LogP contribution in [0.5, 0.6) is 0 Å². The van der Waals surface area contributed by atoms with E-state index in [0.717, 1.165) is 5.92 Å². The van der Waals surface area contributed by atoms with Gasteiger partial charge in [-0.15, -0.1) is 11.8 Å². The molecule has 0 heterocycles. The van der Waals surface area contributed by atoms with E-state index < -0.39 is 0 Å². The van der Waals surface area contributed by atoms with Gasteiger partial charge in [-0.1, -0.05) is 24.6 Å². The van der Waals surface area contributed by atoms with Crippen LogP contribution in [0.1, 0.15) is 19.3 Å². The molecule has 0 saturated heterocycles. The smallest absolute Gasteiger partial charge is 0.0572 e. The van der Waals surface area contributed by atoms with Crippen LogP contribution < -0.4 is 5.48 Å². The molecule has 1 aromatic rings. The van der Waals surface area contributed by atoms with Crippen LogP contribution in [0.15, 0.2) is 35.2 Å². The van der Waals surface area contributed by atoms with Gasteiger partial charge in [0.1, 0.15) is 0 Å². The topological polar surface area (TPSA) is 21.3 Å². The lowest BCUT2D eigenvalue weighted by Crippen LogP contribution is -2.32. The Labute approximate surface area is 102 Å². The fourth-order valence-corrected chi connectivity index (χ4v) is 3.42. The van der Waals surface area contributed by atoms with Crippen LogP contribution in [0.3, 0.4) is 0 Å². The highest BCUT2D eigenvalue weighted by Crippen LogP contribution is 2.31. The van der Waals surface area contributed by atoms with E-state index in [1.54, 1.807) is 7.11 Å². The van der Waals surface area contributed by atoms with Crippen molar-refractivity contribution in [2.24, 2.45) is 5.92 Å². The maximum atomic E-state index is 5.05. The average molecular weight is 237 g/mol. The zero-order valence-corrected chi connectivity index (χ0v) is 10.5. The highest BCUT2D eigenvalue weighted by Gasteiger charge is 2.26. The summed E-state index contributed by atoms with van der Waals surface area (Å²) in [6.45, 7) is 0. The first kappa shape index (κ1) is 12.0. The van der Waals surface area contributed by atoms with Crippen molar-refractivity contribution in [3.63, 3.8) is 0 Å². The molecule has 1 fully saturated rings. The van der Waals surface area contributed by atoms with E-state index in [1.807, 2.05) is 11.8 Å². The van der Waals surface area contributed by atoms with Gasteiger partial charge >= 0.3 is 0 Å². The number of hydrogen-bond donors (Lipinski definition) is 1. The van der Waals surface area contributed by atoms with Crippen molar-refractivity contribution in [1.29, 1.82) is 0 Å². The third-order valence-electron chi connectivity index (χ3n) is 3.14. The van der Waals surface area contributed by atoms with Gasteiger partial charge in [0, 0.05) is 16.7 Å². The highest BCUT2D eigenvalue weighted by atomic mass is 32.2. The molecule has 0 aliphatic heterocycles. The van der Waals surface area contributed by atoms with Gasteiger partial charge in [-0.2, -0.15) is 5.48 Å². The Kier molecular flexibility index (Phi) is 4.69. The summed E-state index contributed by atoms with van der Waals surface area (Å²) in [6, 6.07) is 11.2. The van der Waals surface area contributed by atoms with Gasteiger partial charge < -0.3 is 4.84 Å². The van der Waals surface area contributed by atoms with E-state index in [4.69, 9.17) is 4.84 Å². The third-order valence-corrected chi connectivity index (χ3v) is 4.34. The fraction of sp³-hybridized carbons (Fsp3) is 0.538. The molecule has 88 valence electrons. The standard InChI is InChI=1S/C13H19NOS/c1-15-14-13-9-5-6-11(13)10-16-12-7-3-2-4-8-12/h2-4,7-8,11,13-14H,5-6,9-10H2,1H3/t11-,13-/m1/s1. The lowest BCUT2D eigenvalue weighted by Gasteiger charge is -2.19. The van der Waals surface area contributed by atoms with Crippen LogP contribution in [0.2, 0.25) is 0 Å². The molecule has 16 heavy (non-hydrogen) atoms. The predicted molar refractivity (Wildman–Crippen MR) is 68.4 cm³/mol. The molecule has 0 radical (unpaired) electrons. The molecule has 0 unspecified atom stereocenters. The van der Waals surface area contributed by atoms with E-state index in [9.17, 15) is 0 Å². The third kappa shape index (κ3) is 3.24. The molecule has 1 N–H and O–H groups in total. The number of nitrogens with one attached hydrogen (secondary N) is 1. The minimum atomic E-state index is 0.543. The molecule has 1 aromatic carbocycles. The first-order valence-corrected chi connectivity index (χ1v) is 6.85. The number of hydroxylamine groups is 1. The molecule has 0 bridgehead atoms. The largest absolute Gasteiger partial charge is 0.305 e. The number of thioether (sulfide) groups is 1. The van der Waals surface area contributed by atoms with Gasteiger partial charge in [-0.05, 0) is 30.9 Å². The van der Waals surface area contributed by atoms with Crippen LogP contribution in [-0.2, 0) is 4.84 Å². The van der Waals surface area contributed by atoms with Gasteiger partial charge in [0.2, 0.25) is 0 Å². The van der Waals surface area contributed by atoms with E-state index in [1.165, 1.54) is 29.9 Å². The lowest BCUT2D eigenvalue weighted by atomic mass is 10.1. The molecule has 2 rings (SSSR count). The Bertz CT molecular complexity index is 304. The summed E-state index contributed by atoms with van der Waals surface area (Å²) in [5.74, 6) is 1.93. The van der Waals surface area contributed by atoms with E-state index in [2.05, 4.69) is 35.8 Å². The molecule has 2 nitrogen and oxygen atoms in total. The normalized spacial score (nSPS) is 24.8. The lowest BCUT2D eigenvalue weighted by molar-refractivity contribution is 0.0518. The molecule has 0 aromatic heterocycles. The summed E-state index contributed by atoms with van der Waals surface area (Å²) in [5, 5.41) is 0. The number of hydrogen-bond acceptors (Lipinski definition) is 3. The van der Waals surface area contributed by atoms with Crippen LogP contribution in [0, 0.1) is 5.92 Å². The SMILES string of the molecule is CON[C@@H]1CCC[C@@H]1CSc1ccccc1. The molecule has 2 atom stereocenters. The van der Waals surface area contributed by atoms with Gasteiger partial charge in [0.25, 0.3) is 0 Å². The minimum absolute atomic E-state index is 0.543. The minimum Gasteiger partial charge on any atom is -0.305 e. The summed E-state index contributed by atoms with van der Waals surface area (Å²) in [6.07, 6.45) is 3.88. The second-order valence-corrected chi connectivity index (χ2v) is 5.34. The highest BCUT2D eigenvalue weighted by molar-refractivity contribution is 7.99. The van der Waals surface area contributed by atoms with Crippen LogP contribution in [0.4, 0.5) is 0 Å². The summed E-state index contributed by atoms with van der Waals surface area (Å²) in [5.41, 5.74) is 3.12. The van der Waals surface area contributed by atoms with E-state index >= 15 is 0 Å². The molecule has 1 aliphatic carbocycles. The Morgan fingerprint density at radius 3 is 2.88 bits per heavy atom. The van der Waals surface area contributed by atoms with Crippen molar-refractivity contribution in [2.45, 2.75) is 30.2 Å². The van der Waals surface area contributed by atoms with Gasteiger partial charge in [0.05, 0.1) is 7.11 Å². The molecule has 3 heteroatoms. The second-order valence-electron chi connectivity index (χ2n) is 4.24. The van der Waals surface area contributed by atoms with Gasteiger partial charge in [-0.3, -0.25) is 0 Å². The molecule has 0 amide bonds. The van der Waals surface area contributed by atoms with Crippen molar-refractivity contribution in [1.82, 2.24) is 5.48 Å². The molecular weight excluding hydrogens is 218 g/mol. The van der Waals surface area contributed by atoms with Gasteiger partial charge in [0.15, 0.2) is 0 Å². The van der Waals surface area contributed by atoms with Crippen molar-refractivity contribution < 1.29 is 4.84 Å². The predicted octanol–water partition coefficient (Wildman–Crippen LogP) is 3.10. The van der Waals surface area contributed by atoms with Crippen molar-refractivity contribution in [2.75, 3.05) is 12.9 Å². The van der Waals surface area contributed by atoms with Crippen LogP contribution in [-0.4, -0.2) is 18.9 Å². The Morgan fingerprint density at radius 1 is 1.31 bits per heavy atom. The average Bonchev–Trinajstić information content (AvgIpc) is 2.76. The van der Waals surface area contributed by atoms with Crippen LogP contribution >= 0.6 is 11.8 Å². The summed E-state index contributed by atoms with van der Waals surface area (Å²) in [4.78, 5) is 6.42. The summed E-state index contributed by atoms with van der Waals surface area (Å²) in [7, 11) is 1.71. The number of rotatable bonds is 5. The van der Waals surface area contributed by atoms with Crippen molar-refractivity contribution in [3.05, 3.63) is 30.3 Å². The monoisotopic (exact) mass is 237 g/mol. The maximum absolute atomic E-state index is 5.05. The summed E-state index contributed by atoms with van der Waals surface area (Å²) < 4.78 is 0. The zero-order chi connectivity index (χ0) is 11.2. The molecule has 1 aliphatic rings. The summed E-state index contributed by atoms with van der Waals surface area (Å²) >= 11 is 1.95. The van der Waals surface area contributed by atoms with Crippen molar-refractivity contribution in [3.8, 4) is 0 Å². The van der Waals surface area contributed by atoms with Crippen LogP contribution in [0.25, 0.3) is 0 Å². The van der Waals surface area contributed by atoms with Gasteiger partial charge in [-0.25, -0.2) is 0 Å². The maximum Gasteiger partial charge on any atom is 0.0572 e. The zero-order valence-electron chi connectivity index (χ0n) is 9.69. The van der Waals surface area contributed by atoms with E-state index in [0.29, 0.717) is 6.04 Å². The second kappa shape index (κ2) is 6.28. The first-order valence-electron chi connectivity index (χ1n) is 5.86. The first-order chi connectivity index (χ1) is 7.90. The Balaban J connectivity index is 1.81. The quantitative estimate of drug-likeness (QED) is 0.628. The van der Waals surface area contributed by atoms with Crippen molar-refractivity contribution >= 4 is 11.8 Å². The van der Waals surface area contributed by atoms with E-state index in [-0.39, 0.29) is 0 Å². The Morgan fingerprint density at radius 2 is 2.12 bits per heavy atom. The fourth-order valence-electron chi connectivity index (χ4n) is 2.26. The Hall–Kier alpha value is -0.510. The molecular formula is C13H19NOS. The molecule has 0 spiro atoms. The molecule has 1 saturated carbocycles. The number of benzene rings is 1.